The third-order valence-corrected chi connectivity index (χ3v) is 6.04. The molecule has 2 amide bonds. The zero-order valence-electron chi connectivity index (χ0n) is 16.9. The van der Waals surface area contributed by atoms with Crippen molar-refractivity contribution in [3.05, 3.63) is 70.7 Å². The van der Waals surface area contributed by atoms with E-state index in [0.29, 0.717) is 37.2 Å². The average Bonchev–Trinajstić information content (AvgIpc) is 2.75. The predicted octanol–water partition coefficient (Wildman–Crippen LogP) is 3.16. The molecule has 2 aliphatic heterocycles. The summed E-state index contributed by atoms with van der Waals surface area (Å²) in [4.78, 5) is 30.8. The lowest BCUT2D eigenvalue weighted by atomic mass is 10.1. The smallest absolute Gasteiger partial charge is 0.409 e. The van der Waals surface area contributed by atoms with E-state index in [-0.39, 0.29) is 12.0 Å². The van der Waals surface area contributed by atoms with Crippen molar-refractivity contribution in [2.24, 2.45) is 0 Å². The lowest BCUT2D eigenvalue weighted by molar-refractivity contribution is 0.00304. The third kappa shape index (κ3) is 4.94. The van der Waals surface area contributed by atoms with Crippen LogP contribution in [0, 0.1) is 0 Å². The topological polar surface area (TPSA) is 53.1 Å². The minimum atomic E-state index is -0.252. The highest BCUT2D eigenvalue weighted by atomic mass is 35.5. The van der Waals surface area contributed by atoms with Gasteiger partial charge in [-0.1, -0.05) is 41.9 Å². The van der Waals surface area contributed by atoms with Crippen molar-refractivity contribution in [2.45, 2.75) is 12.5 Å². The summed E-state index contributed by atoms with van der Waals surface area (Å²) in [5.74, 6) is 0.0924. The molecule has 0 atom stereocenters. The Morgan fingerprint density at radius 3 is 2.23 bits per heavy atom. The minimum Gasteiger partial charge on any atom is -0.449 e. The summed E-state index contributed by atoms with van der Waals surface area (Å²) in [5.41, 5.74) is 1.83. The van der Waals surface area contributed by atoms with Gasteiger partial charge in [0.15, 0.2) is 0 Å². The normalized spacial score (nSPS) is 17.5. The molecule has 2 aromatic carbocycles. The molecule has 7 heteroatoms. The fourth-order valence-electron chi connectivity index (χ4n) is 3.89. The number of rotatable bonds is 5. The first-order valence-corrected chi connectivity index (χ1v) is 10.7. The minimum absolute atomic E-state index is 0.0924. The van der Waals surface area contributed by atoms with Gasteiger partial charge < -0.3 is 14.5 Å². The van der Waals surface area contributed by atoms with Crippen LogP contribution >= 0.6 is 11.6 Å². The van der Waals surface area contributed by atoms with Crippen molar-refractivity contribution in [3.8, 4) is 0 Å². The standard InChI is InChI=1S/C23H26ClN3O3/c24-20-8-6-18(7-9-20)10-15-30-23(29)27-16-21(17-27)25-11-13-26(14-12-25)22(28)19-4-2-1-3-5-19/h1-9,21H,10-17H2. The van der Waals surface area contributed by atoms with Gasteiger partial charge in [-0.05, 0) is 29.8 Å². The molecule has 0 aromatic heterocycles. The monoisotopic (exact) mass is 427 g/mol. The Labute approximate surface area is 182 Å². The Morgan fingerprint density at radius 1 is 0.900 bits per heavy atom. The summed E-state index contributed by atoms with van der Waals surface area (Å²) in [6.07, 6.45) is 0.426. The Bertz CT molecular complexity index is 861. The van der Waals surface area contributed by atoms with Crippen LogP contribution in [0.2, 0.25) is 5.02 Å². The first-order valence-electron chi connectivity index (χ1n) is 10.3. The van der Waals surface area contributed by atoms with E-state index in [1.165, 1.54) is 0 Å². The molecule has 2 heterocycles. The van der Waals surface area contributed by atoms with Gasteiger partial charge in [0.25, 0.3) is 5.91 Å². The van der Waals surface area contributed by atoms with Gasteiger partial charge in [-0.25, -0.2) is 4.79 Å². The first kappa shape index (κ1) is 20.7. The van der Waals surface area contributed by atoms with Crippen LogP contribution < -0.4 is 0 Å². The number of hydrogen-bond acceptors (Lipinski definition) is 4. The molecule has 0 radical (unpaired) electrons. The van der Waals surface area contributed by atoms with Gasteiger partial charge >= 0.3 is 6.09 Å². The maximum atomic E-state index is 12.6. The van der Waals surface area contributed by atoms with Gasteiger partial charge in [0, 0.05) is 62.3 Å². The van der Waals surface area contributed by atoms with Crippen LogP contribution in [-0.4, -0.2) is 78.6 Å². The highest BCUT2D eigenvalue weighted by Gasteiger charge is 2.37. The molecule has 4 rings (SSSR count). The van der Waals surface area contributed by atoms with Crippen LogP contribution in [0.3, 0.4) is 0 Å². The molecule has 0 aliphatic carbocycles. The second kappa shape index (κ2) is 9.49. The number of halogens is 1. The highest BCUT2D eigenvalue weighted by Crippen LogP contribution is 2.19. The second-order valence-electron chi connectivity index (χ2n) is 7.74. The Hall–Kier alpha value is -2.57. The third-order valence-electron chi connectivity index (χ3n) is 5.79. The van der Waals surface area contributed by atoms with E-state index in [1.54, 1.807) is 4.90 Å². The molecule has 0 unspecified atom stereocenters. The SMILES string of the molecule is O=C(OCCc1ccc(Cl)cc1)N1CC(N2CCN(C(=O)c3ccccc3)CC2)C1. The number of amides is 2. The van der Waals surface area contributed by atoms with Crippen molar-refractivity contribution >= 4 is 23.6 Å². The van der Waals surface area contributed by atoms with Gasteiger partial charge in [-0.3, -0.25) is 9.69 Å². The van der Waals surface area contributed by atoms with E-state index >= 15 is 0 Å². The molecule has 0 N–H and O–H groups in total. The van der Waals surface area contributed by atoms with Gasteiger partial charge in [-0.2, -0.15) is 0 Å². The summed E-state index contributed by atoms with van der Waals surface area (Å²) in [7, 11) is 0. The average molecular weight is 428 g/mol. The zero-order valence-corrected chi connectivity index (χ0v) is 17.6. The van der Waals surface area contributed by atoms with Gasteiger partial charge in [0.1, 0.15) is 0 Å². The number of benzene rings is 2. The van der Waals surface area contributed by atoms with Crippen LogP contribution in [-0.2, 0) is 11.2 Å². The first-order chi connectivity index (χ1) is 14.6. The lowest BCUT2D eigenvalue weighted by Gasteiger charge is -2.47. The lowest BCUT2D eigenvalue weighted by Crippen LogP contribution is -2.64. The Kier molecular flexibility index (Phi) is 6.55. The molecule has 0 spiro atoms. The van der Waals surface area contributed by atoms with Crippen molar-refractivity contribution in [1.82, 2.24) is 14.7 Å². The largest absolute Gasteiger partial charge is 0.449 e. The maximum Gasteiger partial charge on any atom is 0.409 e. The number of piperazine rings is 1. The quantitative estimate of drug-likeness (QED) is 0.735. The van der Waals surface area contributed by atoms with Crippen molar-refractivity contribution in [3.63, 3.8) is 0 Å². The number of ether oxygens (including phenoxy) is 1. The molecule has 2 fully saturated rings. The maximum absolute atomic E-state index is 12.6. The van der Waals surface area contributed by atoms with Gasteiger partial charge in [0.2, 0.25) is 0 Å². The molecule has 0 saturated carbocycles. The van der Waals surface area contributed by atoms with Gasteiger partial charge in [-0.15, -0.1) is 0 Å². The summed E-state index contributed by atoms with van der Waals surface area (Å²) in [5, 5.41) is 0.702. The number of likely N-dealkylation sites (tertiary alicyclic amines) is 1. The number of carbonyl (C=O) groups excluding carboxylic acids is 2. The molecule has 2 aromatic rings. The molecular weight excluding hydrogens is 402 g/mol. The van der Waals surface area contributed by atoms with Crippen LogP contribution in [0.25, 0.3) is 0 Å². The molecule has 6 nitrogen and oxygen atoms in total. The summed E-state index contributed by atoms with van der Waals surface area (Å²) in [6.45, 7) is 4.84. The molecule has 30 heavy (non-hydrogen) atoms. The van der Waals surface area contributed by atoms with Crippen LogP contribution in [0.1, 0.15) is 15.9 Å². The van der Waals surface area contributed by atoms with Crippen LogP contribution in [0.5, 0.6) is 0 Å². The van der Waals surface area contributed by atoms with Crippen LogP contribution in [0.4, 0.5) is 4.79 Å². The molecule has 0 bridgehead atoms. The van der Waals surface area contributed by atoms with E-state index in [2.05, 4.69) is 4.90 Å². The number of nitrogens with zero attached hydrogens (tertiary/aromatic N) is 3. The summed E-state index contributed by atoms with van der Waals surface area (Å²) < 4.78 is 5.40. The second-order valence-corrected chi connectivity index (χ2v) is 8.18. The summed E-state index contributed by atoms with van der Waals surface area (Å²) in [6, 6.07) is 17.3. The highest BCUT2D eigenvalue weighted by molar-refractivity contribution is 6.30. The summed E-state index contributed by atoms with van der Waals surface area (Å²) >= 11 is 5.88. The van der Waals surface area contributed by atoms with E-state index in [4.69, 9.17) is 16.3 Å². The van der Waals surface area contributed by atoms with Crippen molar-refractivity contribution < 1.29 is 14.3 Å². The Morgan fingerprint density at radius 2 is 1.57 bits per heavy atom. The number of hydrogen-bond donors (Lipinski definition) is 0. The Balaban J connectivity index is 1.15. The fraction of sp³-hybridized carbons (Fsp3) is 0.391. The van der Waals surface area contributed by atoms with Crippen molar-refractivity contribution in [2.75, 3.05) is 45.9 Å². The molecule has 2 aliphatic rings. The zero-order chi connectivity index (χ0) is 20.9. The van der Waals surface area contributed by atoms with Crippen LogP contribution in [0.15, 0.2) is 54.6 Å². The van der Waals surface area contributed by atoms with E-state index in [0.717, 1.165) is 37.3 Å². The fourth-order valence-corrected chi connectivity index (χ4v) is 4.01. The molecular formula is C23H26ClN3O3. The van der Waals surface area contributed by atoms with E-state index in [9.17, 15) is 9.59 Å². The number of carbonyl (C=O) groups is 2. The van der Waals surface area contributed by atoms with Gasteiger partial charge in [0.05, 0.1) is 6.61 Å². The molecule has 158 valence electrons. The van der Waals surface area contributed by atoms with E-state index in [1.807, 2.05) is 59.5 Å². The van der Waals surface area contributed by atoms with Crippen molar-refractivity contribution in [1.29, 1.82) is 0 Å². The van der Waals surface area contributed by atoms with E-state index < -0.39 is 0 Å². The predicted molar refractivity (Wildman–Crippen MR) is 116 cm³/mol. The molecule has 2 saturated heterocycles.